The maximum Gasteiger partial charge on any atom is 0.205 e. The summed E-state index contributed by atoms with van der Waals surface area (Å²) in [5, 5.41) is 3.65. The summed E-state index contributed by atoms with van der Waals surface area (Å²) in [5.41, 5.74) is 0. The first-order valence-electron chi connectivity index (χ1n) is 7.95. The minimum Gasteiger partial charge on any atom is -0.382 e. The second kappa shape index (κ2) is 6.59. The normalized spacial score (nSPS) is 25.9. The largest absolute Gasteiger partial charge is 0.382 e. The van der Waals surface area contributed by atoms with E-state index in [0.29, 0.717) is 6.04 Å². The number of rotatable bonds is 6. The summed E-state index contributed by atoms with van der Waals surface area (Å²) in [6.45, 7) is 8.11. The number of anilines is 1. The highest BCUT2D eigenvalue weighted by Crippen LogP contribution is 2.28. The zero-order valence-electron chi connectivity index (χ0n) is 12.4. The molecule has 112 valence electrons. The van der Waals surface area contributed by atoms with E-state index in [1.54, 1.807) is 0 Å². The monoisotopic (exact) mass is 278 g/mol. The Morgan fingerprint density at radius 2 is 2.40 bits per heavy atom. The summed E-state index contributed by atoms with van der Waals surface area (Å²) in [6, 6.07) is 0.664. The van der Waals surface area contributed by atoms with Gasteiger partial charge in [-0.05, 0) is 38.6 Å². The van der Waals surface area contributed by atoms with Gasteiger partial charge in [0.25, 0.3) is 0 Å². The van der Waals surface area contributed by atoms with E-state index in [1.165, 1.54) is 19.4 Å². The van der Waals surface area contributed by atoms with Crippen LogP contribution in [0.3, 0.4) is 0 Å². The van der Waals surface area contributed by atoms with E-state index in [4.69, 9.17) is 4.74 Å². The van der Waals surface area contributed by atoms with Crippen molar-refractivity contribution in [2.45, 2.75) is 38.8 Å². The smallest absolute Gasteiger partial charge is 0.205 e. The van der Waals surface area contributed by atoms with Gasteiger partial charge in [0.1, 0.15) is 0 Å². The Morgan fingerprint density at radius 3 is 3.25 bits per heavy atom. The molecule has 0 amide bonds. The molecule has 0 radical (unpaired) electrons. The molecule has 2 aliphatic rings. The van der Waals surface area contributed by atoms with Crippen molar-refractivity contribution in [3.05, 3.63) is 12.4 Å². The molecule has 2 aliphatic heterocycles. The van der Waals surface area contributed by atoms with Crippen molar-refractivity contribution in [3.63, 3.8) is 0 Å². The molecule has 0 spiro atoms. The van der Waals surface area contributed by atoms with Gasteiger partial charge in [0.15, 0.2) is 0 Å². The lowest BCUT2D eigenvalue weighted by atomic mass is 9.94. The van der Waals surface area contributed by atoms with Gasteiger partial charge in [-0.3, -0.25) is 0 Å². The van der Waals surface area contributed by atoms with Crippen LogP contribution in [0.4, 0.5) is 5.95 Å². The minimum atomic E-state index is 0.664. The molecule has 2 fully saturated rings. The van der Waals surface area contributed by atoms with Crippen LogP contribution in [0.2, 0.25) is 0 Å². The Balaban J connectivity index is 1.58. The number of nitrogens with one attached hydrogen (secondary N) is 1. The highest BCUT2D eigenvalue weighted by atomic mass is 16.5. The number of hydrogen-bond donors (Lipinski definition) is 1. The number of nitrogens with zero attached hydrogens (tertiary/aromatic N) is 3. The molecule has 0 saturated carbocycles. The van der Waals surface area contributed by atoms with Crippen LogP contribution >= 0.6 is 0 Å². The Bertz CT molecular complexity index is 406. The second-order valence-corrected chi connectivity index (χ2v) is 5.84. The van der Waals surface area contributed by atoms with Crippen LogP contribution in [0.25, 0.3) is 0 Å². The third-order valence-corrected chi connectivity index (χ3v) is 4.47. The van der Waals surface area contributed by atoms with Gasteiger partial charge in [0.2, 0.25) is 5.95 Å². The molecule has 0 aliphatic carbocycles. The molecule has 1 aromatic rings. The van der Waals surface area contributed by atoms with Gasteiger partial charge >= 0.3 is 0 Å². The fraction of sp³-hybridized carbons (Fsp3) is 0.800. The summed E-state index contributed by atoms with van der Waals surface area (Å²) in [6.07, 6.45) is 7.75. The van der Waals surface area contributed by atoms with Crippen molar-refractivity contribution in [1.82, 2.24) is 14.9 Å². The minimum absolute atomic E-state index is 0.664. The lowest BCUT2D eigenvalue weighted by Crippen LogP contribution is -2.40. The molecule has 2 unspecified atom stereocenters. The van der Waals surface area contributed by atoms with Crippen LogP contribution in [-0.2, 0) is 11.3 Å². The fourth-order valence-electron chi connectivity index (χ4n) is 3.45. The van der Waals surface area contributed by atoms with Gasteiger partial charge in [-0.25, -0.2) is 4.98 Å². The van der Waals surface area contributed by atoms with Gasteiger partial charge in [-0.1, -0.05) is 0 Å². The quantitative estimate of drug-likeness (QED) is 0.801. The zero-order chi connectivity index (χ0) is 13.8. The van der Waals surface area contributed by atoms with E-state index >= 15 is 0 Å². The van der Waals surface area contributed by atoms with Crippen molar-refractivity contribution < 1.29 is 4.74 Å². The highest BCUT2D eigenvalue weighted by Gasteiger charge is 2.35. The Hall–Kier alpha value is -1.07. The van der Waals surface area contributed by atoms with E-state index in [9.17, 15) is 0 Å². The average molecular weight is 278 g/mol. The van der Waals surface area contributed by atoms with Gasteiger partial charge in [-0.15, -0.1) is 0 Å². The molecular formula is C15H26N4O. The van der Waals surface area contributed by atoms with Gasteiger partial charge in [-0.2, -0.15) is 0 Å². The Morgan fingerprint density at radius 1 is 1.45 bits per heavy atom. The number of imidazole rings is 1. The van der Waals surface area contributed by atoms with Crippen molar-refractivity contribution in [3.8, 4) is 0 Å². The van der Waals surface area contributed by atoms with Crippen molar-refractivity contribution in [1.29, 1.82) is 0 Å². The van der Waals surface area contributed by atoms with Gasteiger partial charge in [0, 0.05) is 51.3 Å². The van der Waals surface area contributed by atoms with E-state index in [0.717, 1.165) is 51.1 Å². The van der Waals surface area contributed by atoms with E-state index in [-0.39, 0.29) is 0 Å². The molecule has 1 aromatic heterocycles. The van der Waals surface area contributed by atoms with Crippen molar-refractivity contribution >= 4 is 5.95 Å². The first-order chi connectivity index (χ1) is 9.88. The number of ether oxygens (including phenoxy) is 1. The molecule has 3 heterocycles. The van der Waals surface area contributed by atoms with E-state index in [2.05, 4.69) is 26.0 Å². The molecule has 3 rings (SSSR count). The first kappa shape index (κ1) is 13.9. The highest BCUT2D eigenvalue weighted by molar-refractivity contribution is 5.34. The van der Waals surface area contributed by atoms with Gasteiger partial charge < -0.3 is 19.5 Å². The SMILES string of the molecule is CCOCCCn1ccnc1N1CC2CCCNC2C1. The molecular weight excluding hydrogens is 252 g/mol. The molecule has 5 heteroatoms. The molecule has 1 N–H and O–H groups in total. The van der Waals surface area contributed by atoms with Crippen LogP contribution in [-0.4, -0.2) is 48.4 Å². The average Bonchev–Trinajstić information content (AvgIpc) is 3.09. The number of fused-ring (bicyclic) bond motifs is 1. The zero-order valence-corrected chi connectivity index (χ0v) is 12.4. The van der Waals surface area contributed by atoms with E-state index in [1.807, 2.05) is 13.1 Å². The summed E-state index contributed by atoms with van der Waals surface area (Å²) < 4.78 is 7.69. The number of piperidine rings is 1. The van der Waals surface area contributed by atoms with Crippen LogP contribution in [0.5, 0.6) is 0 Å². The fourth-order valence-corrected chi connectivity index (χ4v) is 3.45. The summed E-state index contributed by atoms with van der Waals surface area (Å²) in [7, 11) is 0. The van der Waals surface area contributed by atoms with Crippen LogP contribution in [0.15, 0.2) is 12.4 Å². The summed E-state index contributed by atoms with van der Waals surface area (Å²) in [4.78, 5) is 7.03. The Labute approximate surface area is 121 Å². The van der Waals surface area contributed by atoms with Crippen LogP contribution < -0.4 is 10.2 Å². The maximum absolute atomic E-state index is 5.42. The second-order valence-electron chi connectivity index (χ2n) is 5.84. The number of aryl methyl sites for hydroxylation is 1. The van der Waals surface area contributed by atoms with Crippen LogP contribution in [0, 0.1) is 5.92 Å². The van der Waals surface area contributed by atoms with E-state index < -0.39 is 0 Å². The van der Waals surface area contributed by atoms with Crippen LogP contribution in [0.1, 0.15) is 26.2 Å². The molecule has 2 saturated heterocycles. The maximum atomic E-state index is 5.42. The molecule has 5 nitrogen and oxygen atoms in total. The molecule has 20 heavy (non-hydrogen) atoms. The molecule has 0 aromatic carbocycles. The third-order valence-electron chi connectivity index (χ3n) is 4.47. The number of aromatic nitrogens is 2. The summed E-state index contributed by atoms with van der Waals surface area (Å²) >= 11 is 0. The van der Waals surface area contributed by atoms with Crippen molar-refractivity contribution in [2.75, 3.05) is 37.7 Å². The number of hydrogen-bond acceptors (Lipinski definition) is 4. The summed E-state index contributed by atoms with van der Waals surface area (Å²) in [5.74, 6) is 1.94. The standard InChI is InChI=1S/C15H26N4O/c1-2-20-10-4-8-18-9-7-17-15(18)19-11-13-5-3-6-16-14(13)12-19/h7,9,13-14,16H,2-6,8,10-12H2,1H3. The predicted molar refractivity (Wildman–Crippen MR) is 80.1 cm³/mol. The lowest BCUT2D eigenvalue weighted by Gasteiger charge is -2.24. The van der Waals surface area contributed by atoms with Gasteiger partial charge in [0.05, 0.1) is 0 Å². The van der Waals surface area contributed by atoms with Crippen molar-refractivity contribution in [2.24, 2.45) is 5.92 Å². The third kappa shape index (κ3) is 2.99. The topological polar surface area (TPSA) is 42.3 Å². The first-order valence-corrected chi connectivity index (χ1v) is 7.95. The molecule has 2 atom stereocenters. The molecule has 0 bridgehead atoms. The Kier molecular flexibility index (Phi) is 4.58. The predicted octanol–water partition coefficient (Wildman–Crippen LogP) is 1.50. The lowest BCUT2D eigenvalue weighted by molar-refractivity contribution is 0.141.